The number of hydrogen-bond donors (Lipinski definition) is 1. The fourth-order valence-electron chi connectivity index (χ4n) is 4.25. The number of benzene rings is 1. The summed E-state index contributed by atoms with van der Waals surface area (Å²) in [7, 11) is 1.94. The van der Waals surface area contributed by atoms with E-state index < -0.39 is 28.6 Å². The molecule has 0 saturated carbocycles. The van der Waals surface area contributed by atoms with Crippen molar-refractivity contribution >= 4 is 22.6 Å². The van der Waals surface area contributed by atoms with E-state index in [1.54, 1.807) is 22.2 Å². The van der Waals surface area contributed by atoms with Crippen molar-refractivity contribution in [2.24, 2.45) is 0 Å². The van der Waals surface area contributed by atoms with E-state index in [1.165, 1.54) is 4.68 Å². The van der Waals surface area contributed by atoms with Crippen molar-refractivity contribution in [1.82, 2.24) is 14.6 Å². The van der Waals surface area contributed by atoms with E-state index in [1.807, 2.05) is 19.2 Å². The fraction of sp³-hybridized carbons (Fsp3) is 0.318. The minimum Gasteiger partial charge on any atom is -0.477 e. The quantitative estimate of drug-likeness (QED) is 0.619. The molecule has 0 aliphatic carbocycles. The predicted molar refractivity (Wildman–Crippen MR) is 115 cm³/mol. The van der Waals surface area contributed by atoms with Gasteiger partial charge in [0.2, 0.25) is 5.43 Å². The average Bonchev–Trinajstić information content (AvgIpc) is 3.57. The van der Waals surface area contributed by atoms with Gasteiger partial charge in [-0.15, -0.1) is 0 Å². The SMILES string of the molecule is CN1CCN(c2c(F)cc3c(=O)c(C(=O)O)cn(N4CC4c4ccccn4)c3c2F)CC1. The lowest BCUT2D eigenvalue weighted by atomic mass is 10.1. The molecule has 2 aromatic heterocycles. The van der Waals surface area contributed by atoms with Crippen molar-refractivity contribution < 1.29 is 18.7 Å². The summed E-state index contributed by atoms with van der Waals surface area (Å²) in [5.74, 6) is -3.20. The number of aromatic carboxylic acids is 1. The molecule has 2 saturated heterocycles. The lowest BCUT2D eigenvalue weighted by Gasteiger charge is -2.34. The third-order valence-electron chi connectivity index (χ3n) is 6.08. The van der Waals surface area contributed by atoms with Crippen LogP contribution >= 0.6 is 0 Å². The van der Waals surface area contributed by atoms with Gasteiger partial charge in [-0.05, 0) is 25.2 Å². The topological polar surface area (TPSA) is 81.7 Å². The smallest absolute Gasteiger partial charge is 0.341 e. The number of likely N-dealkylation sites (N-methyl/N-ethyl adjacent to an activating group) is 1. The number of halogens is 2. The van der Waals surface area contributed by atoms with E-state index in [2.05, 4.69) is 9.88 Å². The van der Waals surface area contributed by atoms with Gasteiger partial charge in [0, 0.05) is 38.6 Å². The van der Waals surface area contributed by atoms with Crippen molar-refractivity contribution in [2.75, 3.05) is 49.7 Å². The normalized spacial score (nSPS) is 18.9. The third kappa shape index (κ3) is 3.27. The van der Waals surface area contributed by atoms with Gasteiger partial charge >= 0.3 is 5.97 Å². The average molecular weight is 441 g/mol. The van der Waals surface area contributed by atoms with Crippen LogP contribution in [0.1, 0.15) is 22.1 Å². The van der Waals surface area contributed by atoms with Crippen molar-refractivity contribution in [3.05, 3.63) is 69.8 Å². The van der Waals surface area contributed by atoms with Gasteiger partial charge in [0.25, 0.3) is 0 Å². The zero-order valence-corrected chi connectivity index (χ0v) is 17.3. The Balaban J connectivity index is 1.70. The summed E-state index contributed by atoms with van der Waals surface area (Å²) < 4.78 is 32.2. The molecule has 3 aromatic rings. The summed E-state index contributed by atoms with van der Waals surface area (Å²) in [5, 5.41) is 10.9. The van der Waals surface area contributed by atoms with Crippen LogP contribution in [0, 0.1) is 11.6 Å². The molecule has 166 valence electrons. The summed E-state index contributed by atoms with van der Waals surface area (Å²) in [6, 6.07) is 6.17. The second-order valence-electron chi connectivity index (χ2n) is 8.12. The molecule has 0 spiro atoms. The molecule has 0 amide bonds. The maximum atomic E-state index is 15.9. The molecule has 10 heteroatoms. The second kappa shape index (κ2) is 7.56. The Bertz CT molecular complexity index is 1270. The van der Waals surface area contributed by atoms with Crippen LogP contribution < -0.4 is 15.3 Å². The zero-order valence-electron chi connectivity index (χ0n) is 17.3. The van der Waals surface area contributed by atoms with Gasteiger partial charge in [0.05, 0.1) is 17.6 Å². The van der Waals surface area contributed by atoms with Crippen LogP contribution in [0.25, 0.3) is 10.9 Å². The fourth-order valence-corrected chi connectivity index (χ4v) is 4.25. The highest BCUT2D eigenvalue weighted by atomic mass is 19.1. The standard InChI is InChI=1S/C22H21F2N5O3/c1-26-6-8-27(9-7-26)20-15(23)10-13-19(18(20)24)29(11-14(21(13)30)22(31)32)28-12-17(28)16-4-2-3-5-25-16/h2-5,10-11,17H,6-9,12H2,1H3,(H,31,32). The highest BCUT2D eigenvalue weighted by molar-refractivity contribution is 5.94. The number of fused-ring (bicyclic) bond motifs is 1. The number of carboxylic acids is 1. The number of carbonyl (C=O) groups is 1. The highest BCUT2D eigenvalue weighted by Crippen LogP contribution is 2.36. The van der Waals surface area contributed by atoms with Crippen LogP contribution in [0.2, 0.25) is 0 Å². The number of pyridine rings is 2. The molecular formula is C22H21F2N5O3. The van der Waals surface area contributed by atoms with Gasteiger partial charge in [0.15, 0.2) is 5.82 Å². The number of anilines is 1. The third-order valence-corrected chi connectivity index (χ3v) is 6.08. The van der Waals surface area contributed by atoms with Gasteiger partial charge in [-0.1, -0.05) is 6.07 Å². The Kier molecular flexibility index (Phi) is 4.81. The molecular weight excluding hydrogens is 420 g/mol. The largest absolute Gasteiger partial charge is 0.477 e. The van der Waals surface area contributed by atoms with Gasteiger partial charge in [-0.2, -0.15) is 0 Å². The monoisotopic (exact) mass is 441 g/mol. The van der Waals surface area contributed by atoms with E-state index >= 15 is 8.78 Å². The van der Waals surface area contributed by atoms with E-state index in [4.69, 9.17) is 0 Å². The minimum absolute atomic E-state index is 0.131. The molecule has 32 heavy (non-hydrogen) atoms. The first kappa shape index (κ1) is 20.4. The summed E-state index contributed by atoms with van der Waals surface area (Å²) in [6.07, 6.45) is 2.75. The number of rotatable bonds is 4. The Morgan fingerprint density at radius 3 is 2.59 bits per heavy atom. The summed E-state index contributed by atoms with van der Waals surface area (Å²) in [5.41, 5.74) is -1.05. The molecule has 5 rings (SSSR count). The first-order valence-corrected chi connectivity index (χ1v) is 10.3. The molecule has 1 aromatic carbocycles. The van der Waals surface area contributed by atoms with Crippen molar-refractivity contribution in [3.63, 3.8) is 0 Å². The number of aromatic nitrogens is 2. The highest BCUT2D eigenvalue weighted by Gasteiger charge is 2.39. The Hall–Kier alpha value is -3.53. The predicted octanol–water partition coefficient (Wildman–Crippen LogP) is 1.82. The number of hydrogen-bond acceptors (Lipinski definition) is 6. The van der Waals surface area contributed by atoms with Crippen LogP contribution in [0.15, 0.2) is 41.5 Å². The molecule has 2 aliphatic heterocycles. The van der Waals surface area contributed by atoms with Crippen LogP contribution in [0.3, 0.4) is 0 Å². The van der Waals surface area contributed by atoms with E-state index in [0.717, 1.165) is 18.0 Å². The zero-order chi connectivity index (χ0) is 22.6. The summed E-state index contributed by atoms with van der Waals surface area (Å²) in [4.78, 5) is 32.5. The Morgan fingerprint density at radius 1 is 1.19 bits per heavy atom. The van der Waals surface area contributed by atoms with Gasteiger partial charge in [-0.25, -0.2) is 13.6 Å². The lowest BCUT2D eigenvalue weighted by molar-refractivity contribution is 0.0695. The molecule has 1 unspecified atom stereocenters. The van der Waals surface area contributed by atoms with Gasteiger partial charge in [-0.3, -0.25) is 19.5 Å². The van der Waals surface area contributed by atoms with E-state index in [9.17, 15) is 14.7 Å². The molecule has 0 bridgehead atoms. The van der Waals surface area contributed by atoms with Crippen LogP contribution in [0.5, 0.6) is 0 Å². The maximum absolute atomic E-state index is 15.9. The summed E-state index contributed by atoms with van der Waals surface area (Å²) >= 11 is 0. The molecule has 2 fully saturated rings. The minimum atomic E-state index is -1.45. The number of carboxylic acid groups (broad SMARTS) is 1. The first-order chi connectivity index (χ1) is 15.4. The van der Waals surface area contributed by atoms with Crippen LogP contribution in [0.4, 0.5) is 14.5 Å². The van der Waals surface area contributed by atoms with E-state index in [-0.39, 0.29) is 22.6 Å². The van der Waals surface area contributed by atoms with Crippen LogP contribution in [-0.2, 0) is 0 Å². The van der Waals surface area contributed by atoms with Crippen molar-refractivity contribution in [1.29, 1.82) is 0 Å². The molecule has 1 atom stereocenters. The number of piperazine rings is 1. The lowest BCUT2D eigenvalue weighted by Crippen LogP contribution is -2.45. The Morgan fingerprint density at radius 2 is 1.94 bits per heavy atom. The molecule has 1 N–H and O–H groups in total. The molecule has 2 aliphatic rings. The number of nitrogens with zero attached hydrogens (tertiary/aromatic N) is 5. The molecule has 8 nitrogen and oxygen atoms in total. The van der Waals surface area contributed by atoms with Crippen LogP contribution in [-0.4, -0.2) is 65.4 Å². The second-order valence-corrected chi connectivity index (χ2v) is 8.12. The summed E-state index contributed by atoms with van der Waals surface area (Å²) in [6.45, 7) is 2.63. The molecule has 4 heterocycles. The first-order valence-electron chi connectivity index (χ1n) is 10.3. The Labute approximate surface area is 181 Å². The van der Waals surface area contributed by atoms with Gasteiger partial charge < -0.3 is 14.9 Å². The molecule has 0 radical (unpaired) electrons. The van der Waals surface area contributed by atoms with Crippen molar-refractivity contribution in [2.45, 2.75) is 6.04 Å². The van der Waals surface area contributed by atoms with Gasteiger partial charge in [0.1, 0.15) is 28.6 Å². The maximum Gasteiger partial charge on any atom is 0.341 e. The van der Waals surface area contributed by atoms with Crippen molar-refractivity contribution in [3.8, 4) is 0 Å². The van der Waals surface area contributed by atoms with E-state index in [0.29, 0.717) is 32.7 Å².